The summed E-state index contributed by atoms with van der Waals surface area (Å²) in [6.45, 7) is 4.49. The van der Waals surface area contributed by atoms with Gasteiger partial charge in [0.15, 0.2) is 0 Å². The van der Waals surface area contributed by atoms with Crippen LogP contribution < -0.4 is 0 Å². The van der Waals surface area contributed by atoms with Crippen LogP contribution in [0.15, 0.2) is 0 Å². The van der Waals surface area contributed by atoms with Crippen molar-refractivity contribution in [3.8, 4) is 0 Å². The van der Waals surface area contributed by atoms with Crippen LogP contribution in [0.1, 0.15) is 239 Å². The van der Waals surface area contributed by atoms with Crippen LogP contribution in [0.2, 0.25) is 0 Å². The van der Waals surface area contributed by atoms with Crippen LogP contribution in [0.25, 0.3) is 0 Å². The Morgan fingerprint density at radius 3 is 0.800 bits per heavy atom. The summed E-state index contributed by atoms with van der Waals surface area (Å²) in [5.74, 6) is -1.33. The topological polar surface area (TPSA) is 94.8 Å². The molecular formula is C40H80O5. The van der Waals surface area contributed by atoms with Crippen molar-refractivity contribution in [2.24, 2.45) is 0 Å². The second-order valence-corrected chi connectivity index (χ2v) is 13.8. The standard InChI is InChI=1S/C22H44O2.C18H36O3/c1-2-3-4-5-6-7-8-9-10-11-12-13-14-15-16-17-18-19-20-21-22(23)24;1-2-3-4-11-14-17(19)15-12-9-7-5-6-8-10-13-16-18(20)21/h2-21H2,1H3,(H,23,24);17,19H,2-16H2,1H3,(H,20,21). The zero-order valence-corrected chi connectivity index (χ0v) is 30.5. The van der Waals surface area contributed by atoms with Crippen LogP contribution in [-0.4, -0.2) is 33.4 Å². The largest absolute Gasteiger partial charge is 0.481 e. The molecule has 0 aliphatic carbocycles. The third-order valence-electron chi connectivity index (χ3n) is 9.06. The van der Waals surface area contributed by atoms with Gasteiger partial charge in [0.05, 0.1) is 6.10 Å². The molecule has 45 heavy (non-hydrogen) atoms. The molecule has 5 nitrogen and oxygen atoms in total. The molecule has 0 spiro atoms. The Hall–Kier alpha value is -1.10. The summed E-state index contributed by atoms with van der Waals surface area (Å²) < 4.78 is 0. The van der Waals surface area contributed by atoms with Crippen molar-refractivity contribution in [1.82, 2.24) is 0 Å². The average Bonchev–Trinajstić information content (AvgIpc) is 3.01. The maximum atomic E-state index is 10.4. The molecule has 0 radical (unpaired) electrons. The smallest absolute Gasteiger partial charge is 0.303 e. The van der Waals surface area contributed by atoms with Gasteiger partial charge in [-0.25, -0.2) is 0 Å². The summed E-state index contributed by atoms with van der Waals surface area (Å²) in [7, 11) is 0. The van der Waals surface area contributed by atoms with Crippen LogP contribution in [-0.2, 0) is 9.59 Å². The van der Waals surface area contributed by atoms with Gasteiger partial charge in [0.25, 0.3) is 0 Å². The molecule has 0 aromatic rings. The number of carboxylic acid groups (broad SMARTS) is 2. The van der Waals surface area contributed by atoms with Gasteiger partial charge in [-0.2, -0.15) is 0 Å². The van der Waals surface area contributed by atoms with Crippen molar-refractivity contribution in [3.63, 3.8) is 0 Å². The van der Waals surface area contributed by atoms with Crippen LogP contribution in [0.4, 0.5) is 0 Å². The van der Waals surface area contributed by atoms with Gasteiger partial charge in [0.2, 0.25) is 0 Å². The Labute approximate surface area is 281 Å². The van der Waals surface area contributed by atoms with Gasteiger partial charge >= 0.3 is 11.9 Å². The summed E-state index contributed by atoms with van der Waals surface area (Å²) >= 11 is 0. The van der Waals surface area contributed by atoms with Crippen molar-refractivity contribution < 1.29 is 24.9 Å². The van der Waals surface area contributed by atoms with E-state index in [9.17, 15) is 14.7 Å². The molecule has 0 bridgehead atoms. The summed E-state index contributed by atoms with van der Waals surface area (Å²) in [5.41, 5.74) is 0. The number of hydrogen-bond acceptors (Lipinski definition) is 3. The fraction of sp³-hybridized carbons (Fsp3) is 0.950. The molecule has 0 aliphatic heterocycles. The van der Waals surface area contributed by atoms with Gasteiger partial charge in [-0.1, -0.05) is 200 Å². The molecule has 0 saturated carbocycles. The zero-order chi connectivity index (χ0) is 33.5. The first-order valence-electron chi connectivity index (χ1n) is 20.1. The number of carbonyl (C=O) groups is 2. The van der Waals surface area contributed by atoms with Crippen LogP contribution in [0, 0.1) is 0 Å². The molecule has 0 heterocycles. The SMILES string of the molecule is CCCCCCC(O)CCCCCCCCCCC(=O)O.CCCCCCCCCCCCCCCCCCCCCC(=O)O. The van der Waals surface area contributed by atoms with E-state index in [0.29, 0.717) is 12.8 Å². The Morgan fingerprint density at radius 1 is 0.356 bits per heavy atom. The highest BCUT2D eigenvalue weighted by molar-refractivity contribution is 5.66. The number of rotatable bonds is 36. The second-order valence-electron chi connectivity index (χ2n) is 13.8. The molecule has 1 atom stereocenters. The highest BCUT2D eigenvalue weighted by Gasteiger charge is 2.04. The van der Waals surface area contributed by atoms with Gasteiger partial charge < -0.3 is 15.3 Å². The predicted molar refractivity (Wildman–Crippen MR) is 194 cm³/mol. The van der Waals surface area contributed by atoms with E-state index in [4.69, 9.17) is 10.2 Å². The minimum absolute atomic E-state index is 0.0853. The van der Waals surface area contributed by atoms with E-state index in [1.165, 1.54) is 161 Å². The molecule has 0 aromatic carbocycles. The maximum Gasteiger partial charge on any atom is 0.303 e. The summed E-state index contributed by atoms with van der Waals surface area (Å²) in [6, 6.07) is 0. The lowest BCUT2D eigenvalue weighted by Crippen LogP contribution is -2.05. The quantitative estimate of drug-likeness (QED) is 0.0592. The second kappa shape index (κ2) is 40.9. The summed E-state index contributed by atoms with van der Waals surface area (Å²) in [4.78, 5) is 20.7. The third kappa shape index (κ3) is 47.4. The van der Waals surface area contributed by atoms with Crippen molar-refractivity contribution in [3.05, 3.63) is 0 Å². The predicted octanol–water partition coefficient (Wildman–Crippen LogP) is 13.2. The van der Waals surface area contributed by atoms with Crippen molar-refractivity contribution in [2.75, 3.05) is 0 Å². The van der Waals surface area contributed by atoms with Gasteiger partial charge in [0, 0.05) is 12.8 Å². The molecule has 0 aromatic heterocycles. The lowest BCUT2D eigenvalue weighted by molar-refractivity contribution is -0.138. The number of aliphatic hydroxyl groups is 1. The van der Waals surface area contributed by atoms with Crippen molar-refractivity contribution in [2.45, 2.75) is 245 Å². The fourth-order valence-electron chi connectivity index (χ4n) is 6.02. The fourth-order valence-corrected chi connectivity index (χ4v) is 6.02. The molecule has 3 N–H and O–H groups in total. The lowest BCUT2D eigenvalue weighted by atomic mass is 10.0. The monoisotopic (exact) mass is 641 g/mol. The van der Waals surface area contributed by atoms with E-state index in [0.717, 1.165) is 51.4 Å². The van der Waals surface area contributed by atoms with Gasteiger partial charge in [-0.15, -0.1) is 0 Å². The number of hydrogen-bond donors (Lipinski definition) is 3. The third-order valence-corrected chi connectivity index (χ3v) is 9.06. The molecule has 0 rings (SSSR count). The highest BCUT2D eigenvalue weighted by Crippen LogP contribution is 2.16. The molecule has 0 amide bonds. The van der Waals surface area contributed by atoms with E-state index >= 15 is 0 Å². The molecule has 5 heteroatoms. The van der Waals surface area contributed by atoms with Crippen LogP contribution >= 0.6 is 0 Å². The zero-order valence-electron chi connectivity index (χ0n) is 30.5. The van der Waals surface area contributed by atoms with Gasteiger partial charge in [-0.3, -0.25) is 9.59 Å². The van der Waals surface area contributed by atoms with Gasteiger partial charge in [0.1, 0.15) is 0 Å². The number of unbranched alkanes of at least 4 members (excludes halogenated alkanes) is 28. The molecule has 1 unspecified atom stereocenters. The first-order chi connectivity index (χ1) is 21.9. The van der Waals surface area contributed by atoms with E-state index in [2.05, 4.69) is 13.8 Å². The molecular weight excluding hydrogens is 560 g/mol. The van der Waals surface area contributed by atoms with E-state index < -0.39 is 11.9 Å². The Morgan fingerprint density at radius 2 is 0.556 bits per heavy atom. The van der Waals surface area contributed by atoms with E-state index in [1.807, 2.05) is 0 Å². The molecule has 0 aliphatic rings. The minimum atomic E-state index is -0.678. The maximum absolute atomic E-state index is 10.4. The summed E-state index contributed by atoms with van der Waals surface area (Å²) in [6.07, 6.45) is 42.4. The molecule has 0 saturated heterocycles. The molecule has 0 fully saturated rings. The highest BCUT2D eigenvalue weighted by atomic mass is 16.4. The number of aliphatic hydroxyl groups excluding tert-OH is 1. The van der Waals surface area contributed by atoms with Crippen molar-refractivity contribution >= 4 is 11.9 Å². The molecule has 270 valence electrons. The Bertz CT molecular complexity index is 579. The van der Waals surface area contributed by atoms with Gasteiger partial charge in [-0.05, 0) is 25.7 Å². The first kappa shape index (κ1) is 46.0. The first-order valence-corrected chi connectivity index (χ1v) is 20.1. The average molecular weight is 641 g/mol. The normalized spacial score (nSPS) is 11.7. The van der Waals surface area contributed by atoms with E-state index in [1.54, 1.807) is 0 Å². The number of carboxylic acids is 2. The lowest BCUT2D eigenvalue weighted by Gasteiger charge is -2.10. The summed E-state index contributed by atoms with van der Waals surface area (Å²) in [5, 5.41) is 26.9. The Kier molecular flexibility index (Phi) is 41.9. The number of aliphatic carboxylic acids is 2. The van der Waals surface area contributed by atoms with Crippen molar-refractivity contribution in [1.29, 1.82) is 0 Å². The minimum Gasteiger partial charge on any atom is -0.481 e. The van der Waals surface area contributed by atoms with E-state index in [-0.39, 0.29) is 6.10 Å². The Balaban J connectivity index is 0. The van der Waals surface area contributed by atoms with Crippen LogP contribution in [0.3, 0.4) is 0 Å². The van der Waals surface area contributed by atoms with Crippen LogP contribution in [0.5, 0.6) is 0 Å².